The molecule has 1 aromatic rings. The van der Waals surface area contributed by atoms with Gasteiger partial charge in [-0.2, -0.15) is 0 Å². The summed E-state index contributed by atoms with van der Waals surface area (Å²) in [6.45, 7) is 8.44. The highest BCUT2D eigenvalue weighted by atomic mass is 19.1. The number of nitrogen functional groups attached to an aromatic ring is 1. The van der Waals surface area contributed by atoms with Gasteiger partial charge in [0, 0.05) is 18.8 Å². The lowest BCUT2D eigenvalue weighted by Gasteiger charge is -2.26. The molecule has 0 heterocycles. The molecule has 0 bridgehead atoms. The first kappa shape index (κ1) is 17.4. The summed E-state index contributed by atoms with van der Waals surface area (Å²) in [6, 6.07) is 3.84. The fraction of sp³-hybridized carbons (Fsp3) is 0.533. The number of rotatable bonds is 8. The van der Waals surface area contributed by atoms with Crippen LogP contribution in [0, 0.1) is 5.82 Å². The number of hydrogen-bond donors (Lipinski definition) is 2. The van der Waals surface area contributed by atoms with Crippen molar-refractivity contribution in [1.82, 2.24) is 4.90 Å². The van der Waals surface area contributed by atoms with E-state index < -0.39 is 5.82 Å². The van der Waals surface area contributed by atoms with Crippen molar-refractivity contribution in [2.45, 2.75) is 26.8 Å². The number of carbonyl (C=O) groups is 1. The van der Waals surface area contributed by atoms with Crippen LogP contribution >= 0.6 is 0 Å². The van der Waals surface area contributed by atoms with Gasteiger partial charge < -0.3 is 15.8 Å². The molecule has 0 fully saturated rings. The standard InChI is InChI=1S/C15H24FN3O2/c1-4-19(8-9-21-5-2)11(3)15(20)18-12-6-7-13(16)14(17)10-12/h6-7,10-11H,4-5,8-9,17H2,1-3H3,(H,18,20). The molecule has 3 N–H and O–H groups in total. The van der Waals surface area contributed by atoms with Crippen molar-refractivity contribution in [1.29, 1.82) is 0 Å². The summed E-state index contributed by atoms with van der Waals surface area (Å²) in [5.41, 5.74) is 6.00. The van der Waals surface area contributed by atoms with Crippen molar-refractivity contribution in [2.24, 2.45) is 0 Å². The Kier molecular flexibility index (Phi) is 7.11. The number of nitrogens with two attached hydrogens (primary N) is 1. The van der Waals surface area contributed by atoms with Crippen LogP contribution < -0.4 is 11.1 Å². The van der Waals surface area contributed by atoms with Crippen molar-refractivity contribution >= 4 is 17.3 Å². The lowest BCUT2D eigenvalue weighted by molar-refractivity contribution is -0.120. The van der Waals surface area contributed by atoms with Crippen molar-refractivity contribution in [3.63, 3.8) is 0 Å². The zero-order valence-corrected chi connectivity index (χ0v) is 12.9. The number of nitrogens with one attached hydrogen (secondary N) is 1. The smallest absolute Gasteiger partial charge is 0.241 e. The summed E-state index contributed by atoms with van der Waals surface area (Å²) in [7, 11) is 0. The summed E-state index contributed by atoms with van der Waals surface area (Å²) in [5.74, 6) is -0.646. The zero-order valence-electron chi connectivity index (χ0n) is 12.9. The highest BCUT2D eigenvalue weighted by molar-refractivity contribution is 5.94. The summed E-state index contributed by atoms with van der Waals surface area (Å²) in [5, 5.41) is 2.75. The van der Waals surface area contributed by atoms with Crippen LogP contribution in [-0.4, -0.2) is 43.2 Å². The number of benzene rings is 1. The summed E-state index contributed by atoms with van der Waals surface area (Å²) < 4.78 is 18.4. The maximum Gasteiger partial charge on any atom is 0.241 e. The number of hydrogen-bond acceptors (Lipinski definition) is 4. The first-order valence-corrected chi connectivity index (χ1v) is 7.17. The first-order chi connectivity index (χ1) is 9.99. The molecule has 21 heavy (non-hydrogen) atoms. The lowest BCUT2D eigenvalue weighted by atomic mass is 10.2. The van der Waals surface area contributed by atoms with E-state index in [9.17, 15) is 9.18 Å². The van der Waals surface area contributed by atoms with E-state index in [1.165, 1.54) is 18.2 Å². The van der Waals surface area contributed by atoms with Gasteiger partial charge in [-0.1, -0.05) is 6.92 Å². The van der Waals surface area contributed by atoms with E-state index in [0.29, 0.717) is 25.4 Å². The average Bonchev–Trinajstić information content (AvgIpc) is 2.47. The van der Waals surface area contributed by atoms with E-state index in [-0.39, 0.29) is 17.6 Å². The van der Waals surface area contributed by atoms with E-state index in [2.05, 4.69) is 5.32 Å². The third-order valence-electron chi connectivity index (χ3n) is 3.32. The van der Waals surface area contributed by atoms with E-state index in [1.54, 1.807) is 0 Å². The number of anilines is 2. The molecule has 0 saturated heterocycles. The molecule has 1 aromatic carbocycles. The van der Waals surface area contributed by atoms with Crippen LogP contribution in [0.25, 0.3) is 0 Å². The zero-order chi connectivity index (χ0) is 15.8. The largest absolute Gasteiger partial charge is 0.396 e. The van der Waals surface area contributed by atoms with Crippen molar-refractivity contribution in [2.75, 3.05) is 37.4 Å². The van der Waals surface area contributed by atoms with Crippen LogP contribution in [0.5, 0.6) is 0 Å². The normalized spacial score (nSPS) is 12.4. The highest BCUT2D eigenvalue weighted by Gasteiger charge is 2.20. The van der Waals surface area contributed by atoms with Gasteiger partial charge in [0.15, 0.2) is 0 Å². The quantitative estimate of drug-likeness (QED) is 0.569. The van der Waals surface area contributed by atoms with Gasteiger partial charge in [0.2, 0.25) is 5.91 Å². The average molecular weight is 297 g/mol. The van der Waals surface area contributed by atoms with Gasteiger partial charge in [0.1, 0.15) is 5.82 Å². The Morgan fingerprint density at radius 2 is 2.19 bits per heavy atom. The summed E-state index contributed by atoms with van der Waals surface area (Å²) in [4.78, 5) is 14.2. The fourth-order valence-electron chi connectivity index (χ4n) is 1.99. The SMILES string of the molecule is CCOCCN(CC)C(C)C(=O)Nc1ccc(F)c(N)c1. The second kappa shape index (κ2) is 8.59. The molecule has 1 unspecified atom stereocenters. The number of amides is 1. The first-order valence-electron chi connectivity index (χ1n) is 7.17. The number of halogens is 1. The number of carbonyl (C=O) groups excluding carboxylic acids is 1. The molecule has 0 aromatic heterocycles. The van der Waals surface area contributed by atoms with Crippen LogP contribution in [-0.2, 0) is 9.53 Å². The third kappa shape index (κ3) is 5.32. The Hall–Kier alpha value is -1.66. The highest BCUT2D eigenvalue weighted by Crippen LogP contribution is 2.16. The van der Waals surface area contributed by atoms with Gasteiger partial charge >= 0.3 is 0 Å². The monoisotopic (exact) mass is 297 g/mol. The maximum atomic E-state index is 13.1. The van der Waals surface area contributed by atoms with E-state index in [4.69, 9.17) is 10.5 Å². The van der Waals surface area contributed by atoms with Gasteiger partial charge in [-0.05, 0) is 38.6 Å². The van der Waals surface area contributed by atoms with E-state index in [1.807, 2.05) is 25.7 Å². The second-order valence-corrected chi connectivity index (χ2v) is 4.73. The van der Waals surface area contributed by atoms with Gasteiger partial charge in [-0.15, -0.1) is 0 Å². The molecule has 6 heteroatoms. The fourth-order valence-corrected chi connectivity index (χ4v) is 1.99. The van der Waals surface area contributed by atoms with Gasteiger partial charge in [-0.25, -0.2) is 4.39 Å². The minimum absolute atomic E-state index is 0.0177. The summed E-state index contributed by atoms with van der Waals surface area (Å²) >= 11 is 0. The molecule has 118 valence electrons. The predicted molar refractivity (Wildman–Crippen MR) is 82.6 cm³/mol. The second-order valence-electron chi connectivity index (χ2n) is 4.73. The van der Waals surface area contributed by atoms with Crippen molar-refractivity contribution < 1.29 is 13.9 Å². The molecule has 0 saturated carbocycles. The topological polar surface area (TPSA) is 67.6 Å². The van der Waals surface area contributed by atoms with Crippen molar-refractivity contribution in [3.05, 3.63) is 24.0 Å². The van der Waals surface area contributed by atoms with Gasteiger partial charge in [-0.3, -0.25) is 9.69 Å². The summed E-state index contributed by atoms with van der Waals surface area (Å²) in [6.07, 6.45) is 0. The molecule has 1 rings (SSSR count). The number of ether oxygens (including phenoxy) is 1. The van der Waals surface area contributed by atoms with Crippen LogP contribution in [0.4, 0.5) is 15.8 Å². The Balaban J connectivity index is 2.61. The van der Waals surface area contributed by atoms with Crippen LogP contribution in [0.3, 0.4) is 0 Å². The molecule has 1 amide bonds. The predicted octanol–water partition coefficient (Wildman–Crippen LogP) is 2.09. The molecule has 0 aliphatic heterocycles. The maximum absolute atomic E-state index is 13.1. The van der Waals surface area contributed by atoms with Crippen molar-refractivity contribution in [3.8, 4) is 0 Å². The van der Waals surface area contributed by atoms with Crippen LogP contribution in [0.1, 0.15) is 20.8 Å². The van der Waals surface area contributed by atoms with Crippen LogP contribution in [0.2, 0.25) is 0 Å². The van der Waals surface area contributed by atoms with Gasteiger partial charge in [0.05, 0.1) is 18.3 Å². The Bertz CT molecular complexity index is 468. The molecule has 0 aliphatic rings. The minimum Gasteiger partial charge on any atom is -0.396 e. The molecular weight excluding hydrogens is 273 g/mol. The van der Waals surface area contributed by atoms with E-state index in [0.717, 1.165) is 6.54 Å². The molecule has 0 spiro atoms. The molecule has 0 aliphatic carbocycles. The number of likely N-dealkylation sites (N-methyl/N-ethyl adjacent to an activating group) is 1. The van der Waals surface area contributed by atoms with Gasteiger partial charge in [0.25, 0.3) is 0 Å². The molecule has 5 nitrogen and oxygen atoms in total. The van der Waals surface area contributed by atoms with E-state index >= 15 is 0 Å². The van der Waals surface area contributed by atoms with Crippen LogP contribution in [0.15, 0.2) is 18.2 Å². The minimum atomic E-state index is -0.493. The Labute approximate surface area is 125 Å². The molecule has 1 atom stereocenters. The number of nitrogens with zero attached hydrogens (tertiary/aromatic N) is 1. The Morgan fingerprint density at radius 1 is 1.48 bits per heavy atom. The molecule has 0 radical (unpaired) electrons. The Morgan fingerprint density at radius 3 is 2.76 bits per heavy atom. The lowest BCUT2D eigenvalue weighted by Crippen LogP contribution is -2.43. The third-order valence-corrected chi connectivity index (χ3v) is 3.32. The molecular formula is C15H24FN3O2.